The number of carboxylic acid groups (broad SMARTS) is 1. The molecule has 0 aliphatic heterocycles. The highest BCUT2D eigenvalue weighted by molar-refractivity contribution is 7.99. The van der Waals surface area contributed by atoms with Gasteiger partial charge in [0, 0.05) is 15.7 Å². The minimum absolute atomic E-state index is 0.259. The second-order valence-electron chi connectivity index (χ2n) is 2.83. The zero-order chi connectivity index (χ0) is 11.4. The molecule has 0 aromatic heterocycles. The summed E-state index contributed by atoms with van der Waals surface area (Å²) in [6.07, 6.45) is 0. The number of rotatable bonds is 4. The van der Waals surface area contributed by atoms with E-state index in [4.69, 9.17) is 34.0 Å². The lowest BCUT2D eigenvalue weighted by atomic mass is 10.4. The third-order valence-corrected chi connectivity index (χ3v) is 3.48. The minimum Gasteiger partial charge on any atom is -0.480 e. The zero-order valence-corrected chi connectivity index (χ0v) is 9.94. The molecule has 0 amide bonds. The van der Waals surface area contributed by atoms with Crippen molar-refractivity contribution in [1.29, 1.82) is 0 Å². The molecule has 0 aliphatic carbocycles. The number of benzene rings is 1. The smallest absolute Gasteiger partial charge is 0.321 e. The summed E-state index contributed by atoms with van der Waals surface area (Å²) in [4.78, 5) is 11.2. The number of carbonyl (C=O) groups is 1. The van der Waals surface area contributed by atoms with Crippen LogP contribution in [0.3, 0.4) is 0 Å². The maximum absolute atomic E-state index is 10.5. The van der Waals surface area contributed by atoms with Crippen molar-refractivity contribution in [1.82, 2.24) is 0 Å². The fourth-order valence-electron chi connectivity index (χ4n) is 0.839. The number of nitrogens with two attached hydrogens (primary N) is 1. The van der Waals surface area contributed by atoms with Gasteiger partial charge in [0.05, 0.1) is 5.02 Å². The molecule has 0 saturated carbocycles. The quantitative estimate of drug-likeness (QED) is 0.822. The Balaban J connectivity index is 2.65. The molecule has 0 aliphatic rings. The van der Waals surface area contributed by atoms with Gasteiger partial charge >= 0.3 is 5.97 Å². The summed E-state index contributed by atoms with van der Waals surface area (Å²) in [5.74, 6) is -0.768. The summed E-state index contributed by atoms with van der Waals surface area (Å²) in [5.41, 5.74) is 5.36. The van der Waals surface area contributed by atoms with E-state index in [1.54, 1.807) is 18.2 Å². The molecule has 15 heavy (non-hydrogen) atoms. The van der Waals surface area contributed by atoms with Crippen molar-refractivity contribution in [3.8, 4) is 0 Å². The van der Waals surface area contributed by atoms with E-state index < -0.39 is 12.0 Å². The van der Waals surface area contributed by atoms with Crippen LogP contribution in [0.15, 0.2) is 23.1 Å². The van der Waals surface area contributed by atoms with Crippen LogP contribution in [0.4, 0.5) is 0 Å². The van der Waals surface area contributed by atoms with E-state index in [0.29, 0.717) is 10.0 Å². The van der Waals surface area contributed by atoms with Crippen LogP contribution < -0.4 is 5.73 Å². The molecular formula is C9H9Cl2NO2S. The normalized spacial score (nSPS) is 12.5. The third kappa shape index (κ3) is 3.91. The average molecular weight is 266 g/mol. The average Bonchev–Trinajstić information content (AvgIpc) is 2.18. The first-order chi connectivity index (χ1) is 7.00. The van der Waals surface area contributed by atoms with Gasteiger partial charge in [-0.3, -0.25) is 4.79 Å². The lowest BCUT2D eigenvalue weighted by Crippen LogP contribution is -2.32. The molecule has 0 saturated heterocycles. The first-order valence-electron chi connectivity index (χ1n) is 4.07. The Kier molecular flexibility index (Phi) is 4.73. The summed E-state index contributed by atoms with van der Waals surface area (Å²) in [7, 11) is 0. The molecule has 1 aromatic carbocycles. The molecule has 0 radical (unpaired) electrons. The summed E-state index contributed by atoms with van der Waals surface area (Å²) >= 11 is 12.9. The lowest BCUT2D eigenvalue weighted by molar-refractivity contribution is -0.137. The van der Waals surface area contributed by atoms with Crippen LogP contribution in [0.2, 0.25) is 10.0 Å². The van der Waals surface area contributed by atoms with Crippen LogP contribution in [-0.4, -0.2) is 22.9 Å². The van der Waals surface area contributed by atoms with Crippen molar-refractivity contribution in [2.24, 2.45) is 5.73 Å². The molecule has 1 rings (SSSR count). The highest BCUT2D eigenvalue weighted by atomic mass is 35.5. The molecule has 0 spiro atoms. The fourth-order valence-corrected chi connectivity index (χ4v) is 2.27. The number of carboxylic acids is 1. The highest BCUT2D eigenvalue weighted by Crippen LogP contribution is 2.29. The van der Waals surface area contributed by atoms with Crippen LogP contribution in [0.1, 0.15) is 0 Å². The molecule has 1 aromatic rings. The summed E-state index contributed by atoms with van der Waals surface area (Å²) < 4.78 is 0. The minimum atomic E-state index is -1.03. The Morgan fingerprint density at radius 1 is 1.53 bits per heavy atom. The number of aliphatic carboxylic acids is 1. The molecule has 3 nitrogen and oxygen atoms in total. The second kappa shape index (κ2) is 5.61. The highest BCUT2D eigenvalue weighted by Gasteiger charge is 2.12. The van der Waals surface area contributed by atoms with E-state index in [1.807, 2.05) is 0 Å². The molecule has 0 fully saturated rings. The van der Waals surface area contributed by atoms with Gasteiger partial charge in [0.25, 0.3) is 0 Å². The van der Waals surface area contributed by atoms with E-state index in [2.05, 4.69) is 0 Å². The Morgan fingerprint density at radius 3 is 2.80 bits per heavy atom. The van der Waals surface area contributed by atoms with Crippen LogP contribution in [0, 0.1) is 0 Å². The lowest BCUT2D eigenvalue weighted by Gasteiger charge is -2.07. The van der Waals surface area contributed by atoms with Crippen LogP contribution >= 0.6 is 35.0 Å². The largest absolute Gasteiger partial charge is 0.480 e. The maximum atomic E-state index is 10.5. The molecule has 3 N–H and O–H groups in total. The molecule has 0 bridgehead atoms. The van der Waals surface area contributed by atoms with Crippen LogP contribution in [0.5, 0.6) is 0 Å². The van der Waals surface area contributed by atoms with Crippen molar-refractivity contribution in [2.75, 3.05) is 5.75 Å². The zero-order valence-electron chi connectivity index (χ0n) is 7.61. The molecule has 1 atom stereocenters. The van der Waals surface area contributed by atoms with E-state index in [9.17, 15) is 4.79 Å². The van der Waals surface area contributed by atoms with Crippen molar-refractivity contribution >= 4 is 40.9 Å². The number of halogens is 2. The van der Waals surface area contributed by atoms with Gasteiger partial charge in [-0.2, -0.15) is 0 Å². The van der Waals surface area contributed by atoms with Gasteiger partial charge in [-0.05, 0) is 18.2 Å². The molecule has 0 heterocycles. The van der Waals surface area contributed by atoms with E-state index in [-0.39, 0.29) is 5.75 Å². The topological polar surface area (TPSA) is 63.3 Å². The van der Waals surface area contributed by atoms with Crippen LogP contribution in [0.25, 0.3) is 0 Å². The van der Waals surface area contributed by atoms with Gasteiger partial charge < -0.3 is 10.8 Å². The fraction of sp³-hybridized carbons (Fsp3) is 0.222. The van der Waals surface area contributed by atoms with Gasteiger partial charge in [0.15, 0.2) is 0 Å². The number of hydrogen-bond acceptors (Lipinski definition) is 3. The van der Waals surface area contributed by atoms with Gasteiger partial charge in [-0.25, -0.2) is 0 Å². The Morgan fingerprint density at radius 2 is 2.20 bits per heavy atom. The predicted octanol–water partition coefficient (Wildman–Crippen LogP) is 2.50. The molecular weight excluding hydrogens is 257 g/mol. The summed E-state index contributed by atoms with van der Waals surface area (Å²) in [6, 6.07) is 4.12. The SMILES string of the molecule is NC(CSc1cc(Cl)ccc1Cl)C(=O)O. The Hall–Kier alpha value is -0.420. The van der Waals surface area contributed by atoms with Gasteiger partial charge in [0.1, 0.15) is 6.04 Å². The molecule has 6 heteroatoms. The Bertz CT molecular complexity index is 373. The summed E-state index contributed by atoms with van der Waals surface area (Å²) in [5, 5.41) is 9.69. The van der Waals surface area contributed by atoms with E-state index >= 15 is 0 Å². The van der Waals surface area contributed by atoms with Gasteiger partial charge in [-0.1, -0.05) is 23.2 Å². The van der Waals surface area contributed by atoms with Crippen molar-refractivity contribution in [3.05, 3.63) is 28.2 Å². The first kappa shape index (κ1) is 12.6. The summed E-state index contributed by atoms with van der Waals surface area (Å²) in [6.45, 7) is 0. The van der Waals surface area contributed by atoms with Crippen molar-refractivity contribution in [3.63, 3.8) is 0 Å². The van der Waals surface area contributed by atoms with E-state index in [0.717, 1.165) is 4.90 Å². The standard InChI is InChI=1S/C9H9Cl2NO2S/c10-5-1-2-6(11)8(3-5)15-4-7(12)9(13)14/h1-3,7H,4,12H2,(H,13,14). The third-order valence-electron chi connectivity index (χ3n) is 1.63. The number of thioether (sulfide) groups is 1. The van der Waals surface area contributed by atoms with E-state index in [1.165, 1.54) is 11.8 Å². The van der Waals surface area contributed by atoms with Crippen LogP contribution in [-0.2, 0) is 4.79 Å². The monoisotopic (exact) mass is 265 g/mol. The van der Waals surface area contributed by atoms with Gasteiger partial charge in [-0.15, -0.1) is 11.8 Å². The molecule has 82 valence electrons. The van der Waals surface area contributed by atoms with Gasteiger partial charge in [0.2, 0.25) is 0 Å². The van der Waals surface area contributed by atoms with Crippen molar-refractivity contribution < 1.29 is 9.90 Å². The Labute approximate surface area is 102 Å². The first-order valence-corrected chi connectivity index (χ1v) is 5.81. The predicted molar refractivity (Wildman–Crippen MR) is 62.8 cm³/mol. The molecule has 1 unspecified atom stereocenters. The second-order valence-corrected chi connectivity index (χ2v) is 4.74. The number of hydrogen-bond donors (Lipinski definition) is 2. The maximum Gasteiger partial charge on any atom is 0.321 e. The van der Waals surface area contributed by atoms with Crippen molar-refractivity contribution in [2.45, 2.75) is 10.9 Å².